The predicted octanol–water partition coefficient (Wildman–Crippen LogP) is 3.12. The van der Waals surface area contributed by atoms with Gasteiger partial charge in [0.2, 0.25) is 11.9 Å². The Morgan fingerprint density at radius 1 is 1.03 bits per heavy atom. The average molecular weight is 438 g/mol. The number of amides is 1. The van der Waals surface area contributed by atoms with Crippen molar-refractivity contribution < 1.29 is 4.79 Å². The lowest BCUT2D eigenvalue weighted by atomic mass is 9.91. The first-order valence-electron chi connectivity index (χ1n) is 10.5. The van der Waals surface area contributed by atoms with Gasteiger partial charge in [-0.1, -0.05) is 23.9 Å². The molecule has 0 saturated heterocycles. The first kappa shape index (κ1) is 21.3. The van der Waals surface area contributed by atoms with Crippen LogP contribution in [0.3, 0.4) is 0 Å². The number of anilines is 2. The lowest BCUT2D eigenvalue weighted by molar-refractivity contribution is -0.119. The van der Waals surface area contributed by atoms with E-state index >= 15 is 0 Å². The molecule has 3 aromatic rings. The van der Waals surface area contributed by atoms with Gasteiger partial charge in [0, 0.05) is 44.0 Å². The fourth-order valence-corrected chi connectivity index (χ4v) is 4.40. The van der Waals surface area contributed by atoms with Gasteiger partial charge in [0.05, 0.1) is 11.3 Å². The molecule has 1 aliphatic rings. The zero-order valence-corrected chi connectivity index (χ0v) is 18.6. The molecule has 8 nitrogen and oxygen atoms in total. The van der Waals surface area contributed by atoms with Crippen molar-refractivity contribution in [2.24, 2.45) is 0 Å². The van der Waals surface area contributed by atoms with Crippen LogP contribution in [0.15, 0.2) is 47.9 Å². The highest BCUT2D eigenvalue weighted by atomic mass is 32.2. The number of hydrogen-bond acceptors (Lipinski definition) is 8. The summed E-state index contributed by atoms with van der Waals surface area (Å²) >= 11 is 1.36. The number of para-hydroxylation sites is 1. The summed E-state index contributed by atoms with van der Waals surface area (Å²) in [5, 5.41) is 8.32. The third-order valence-electron chi connectivity index (χ3n) is 5.31. The predicted molar refractivity (Wildman–Crippen MR) is 124 cm³/mol. The molecule has 1 saturated carbocycles. The van der Waals surface area contributed by atoms with Crippen molar-refractivity contribution in [2.75, 3.05) is 30.1 Å². The quantitative estimate of drug-likeness (QED) is 0.430. The molecule has 4 rings (SSSR count). The Labute approximate surface area is 186 Å². The molecule has 0 aliphatic heterocycles. The van der Waals surface area contributed by atoms with Crippen LogP contribution in [0, 0.1) is 0 Å². The highest BCUT2D eigenvalue weighted by Gasteiger charge is 2.23. The molecule has 1 fully saturated rings. The first-order valence-corrected chi connectivity index (χ1v) is 11.5. The van der Waals surface area contributed by atoms with E-state index in [0.29, 0.717) is 22.9 Å². The molecular weight excluding hydrogens is 410 g/mol. The topological polar surface area (TPSA) is 95.9 Å². The zero-order chi connectivity index (χ0) is 21.6. The van der Waals surface area contributed by atoms with Gasteiger partial charge in [-0.2, -0.15) is 4.98 Å². The Kier molecular flexibility index (Phi) is 6.81. The van der Waals surface area contributed by atoms with Crippen LogP contribution in [-0.4, -0.2) is 57.8 Å². The largest absolute Gasteiger partial charge is 0.362 e. The van der Waals surface area contributed by atoms with E-state index in [-0.39, 0.29) is 11.9 Å². The number of rotatable bonds is 7. The maximum absolute atomic E-state index is 12.3. The molecule has 0 radical (unpaired) electrons. The van der Waals surface area contributed by atoms with Gasteiger partial charge in [-0.3, -0.25) is 4.79 Å². The molecule has 31 heavy (non-hydrogen) atoms. The number of nitrogens with zero attached hydrogens (tertiary/aromatic N) is 5. The Morgan fingerprint density at radius 2 is 1.74 bits per heavy atom. The third-order valence-corrected chi connectivity index (χ3v) is 6.18. The van der Waals surface area contributed by atoms with E-state index in [1.54, 1.807) is 18.5 Å². The van der Waals surface area contributed by atoms with Gasteiger partial charge in [0.25, 0.3) is 0 Å². The van der Waals surface area contributed by atoms with Gasteiger partial charge in [-0.05, 0) is 43.9 Å². The Morgan fingerprint density at radius 3 is 2.48 bits per heavy atom. The molecule has 0 unspecified atom stereocenters. The molecule has 0 atom stereocenters. The van der Waals surface area contributed by atoms with Crippen LogP contribution in [0.4, 0.5) is 11.8 Å². The minimum absolute atomic E-state index is 0.0300. The number of aromatic nitrogens is 4. The Hall–Kier alpha value is -2.94. The van der Waals surface area contributed by atoms with Crippen molar-refractivity contribution in [3.8, 4) is 0 Å². The number of benzene rings is 1. The molecular formula is C22H27N7OS. The molecule has 9 heteroatoms. The van der Waals surface area contributed by atoms with Gasteiger partial charge in [0.15, 0.2) is 5.16 Å². The number of fused-ring (bicyclic) bond motifs is 1. The fraction of sp³-hybridized carbons (Fsp3) is 0.409. The standard InChI is InChI=1S/C22H27N7OS/c1-29(2)20-17-6-3-4-7-18(17)27-21(28-20)26-16-10-8-15(9-11-16)25-19(30)14-31-22-23-12-5-13-24-22/h3-7,12-13,15-16H,8-11,14H2,1-2H3,(H,25,30)(H,26,27,28). The second kappa shape index (κ2) is 9.91. The van der Waals surface area contributed by atoms with Crippen molar-refractivity contribution in [1.82, 2.24) is 25.3 Å². The average Bonchev–Trinajstić information content (AvgIpc) is 2.79. The smallest absolute Gasteiger partial charge is 0.230 e. The van der Waals surface area contributed by atoms with Gasteiger partial charge in [-0.15, -0.1) is 0 Å². The SMILES string of the molecule is CN(C)c1nc(NC2CCC(NC(=O)CSc3ncccn3)CC2)nc2ccccc12. The minimum atomic E-state index is 0.0300. The maximum atomic E-state index is 12.3. The van der Waals surface area contributed by atoms with Crippen LogP contribution in [-0.2, 0) is 4.79 Å². The summed E-state index contributed by atoms with van der Waals surface area (Å²) < 4.78 is 0. The Balaban J connectivity index is 1.29. The summed E-state index contributed by atoms with van der Waals surface area (Å²) in [7, 11) is 3.99. The molecule has 0 spiro atoms. The van der Waals surface area contributed by atoms with Crippen LogP contribution in [0.1, 0.15) is 25.7 Å². The lowest BCUT2D eigenvalue weighted by Gasteiger charge is -2.30. The normalized spacial score (nSPS) is 18.5. The van der Waals surface area contributed by atoms with Crippen LogP contribution < -0.4 is 15.5 Å². The van der Waals surface area contributed by atoms with Crippen molar-refractivity contribution in [2.45, 2.75) is 42.9 Å². The second-order valence-electron chi connectivity index (χ2n) is 7.86. The van der Waals surface area contributed by atoms with E-state index in [2.05, 4.69) is 20.6 Å². The van der Waals surface area contributed by atoms with E-state index in [1.807, 2.05) is 43.3 Å². The molecule has 1 aliphatic carbocycles. The first-order chi connectivity index (χ1) is 15.1. The van der Waals surface area contributed by atoms with E-state index in [4.69, 9.17) is 9.97 Å². The van der Waals surface area contributed by atoms with Crippen LogP contribution in [0.2, 0.25) is 0 Å². The van der Waals surface area contributed by atoms with Gasteiger partial charge < -0.3 is 15.5 Å². The maximum Gasteiger partial charge on any atom is 0.230 e. The summed E-state index contributed by atoms with van der Waals surface area (Å²) in [5.74, 6) is 1.94. The molecule has 0 bridgehead atoms. The van der Waals surface area contributed by atoms with Crippen molar-refractivity contribution >= 4 is 40.3 Å². The molecule has 2 heterocycles. The molecule has 2 N–H and O–H groups in total. The number of hydrogen-bond donors (Lipinski definition) is 2. The zero-order valence-electron chi connectivity index (χ0n) is 17.8. The summed E-state index contributed by atoms with van der Waals surface area (Å²) in [6.45, 7) is 0. The summed E-state index contributed by atoms with van der Waals surface area (Å²) in [6.07, 6.45) is 7.17. The van der Waals surface area contributed by atoms with E-state index in [1.165, 1.54) is 11.8 Å². The molecule has 1 aromatic carbocycles. The Bertz CT molecular complexity index is 1020. The van der Waals surface area contributed by atoms with Crippen LogP contribution in [0.5, 0.6) is 0 Å². The van der Waals surface area contributed by atoms with Gasteiger partial charge in [0.1, 0.15) is 5.82 Å². The second-order valence-corrected chi connectivity index (χ2v) is 8.81. The molecule has 1 amide bonds. The van der Waals surface area contributed by atoms with Crippen molar-refractivity contribution in [1.29, 1.82) is 0 Å². The van der Waals surface area contributed by atoms with Crippen molar-refractivity contribution in [3.63, 3.8) is 0 Å². The molecule has 162 valence electrons. The van der Waals surface area contributed by atoms with Crippen LogP contribution in [0.25, 0.3) is 10.9 Å². The number of nitrogens with one attached hydrogen (secondary N) is 2. The minimum Gasteiger partial charge on any atom is -0.362 e. The lowest BCUT2D eigenvalue weighted by Crippen LogP contribution is -2.41. The number of thioether (sulfide) groups is 1. The summed E-state index contributed by atoms with van der Waals surface area (Å²) in [5.41, 5.74) is 0.935. The van der Waals surface area contributed by atoms with Gasteiger partial charge >= 0.3 is 0 Å². The highest BCUT2D eigenvalue weighted by molar-refractivity contribution is 7.99. The number of carbonyl (C=O) groups excluding carboxylic acids is 1. The van der Waals surface area contributed by atoms with Gasteiger partial charge in [-0.25, -0.2) is 15.0 Å². The molecule has 2 aromatic heterocycles. The summed E-state index contributed by atoms with van der Waals surface area (Å²) in [4.78, 5) is 32.0. The van der Waals surface area contributed by atoms with Crippen molar-refractivity contribution in [3.05, 3.63) is 42.7 Å². The monoisotopic (exact) mass is 437 g/mol. The van der Waals surface area contributed by atoms with E-state index < -0.39 is 0 Å². The van der Waals surface area contributed by atoms with Crippen LogP contribution >= 0.6 is 11.8 Å². The third kappa shape index (κ3) is 5.61. The number of carbonyl (C=O) groups is 1. The van der Waals surface area contributed by atoms with E-state index in [9.17, 15) is 4.79 Å². The fourth-order valence-electron chi connectivity index (χ4n) is 3.79. The highest BCUT2D eigenvalue weighted by Crippen LogP contribution is 2.26. The summed E-state index contributed by atoms with van der Waals surface area (Å²) in [6, 6.07) is 10.3. The van der Waals surface area contributed by atoms with E-state index in [0.717, 1.165) is 42.4 Å².